The third-order valence-corrected chi connectivity index (χ3v) is 8.15. The van der Waals surface area contributed by atoms with Crippen LogP contribution in [0.25, 0.3) is 0 Å². The number of carboxylic acid groups (broad SMARTS) is 1. The maximum absolute atomic E-state index is 12.7. The number of carbonyl (C=O) groups excluding carboxylic acids is 3. The van der Waals surface area contributed by atoms with Gasteiger partial charge in [-0.25, -0.2) is 4.98 Å². The number of anilines is 1. The van der Waals surface area contributed by atoms with Gasteiger partial charge in [0.15, 0.2) is 10.8 Å². The van der Waals surface area contributed by atoms with Crippen molar-refractivity contribution >= 4 is 63.5 Å². The van der Waals surface area contributed by atoms with Gasteiger partial charge in [-0.05, 0) is 6.42 Å². The Labute approximate surface area is 211 Å². The van der Waals surface area contributed by atoms with Crippen molar-refractivity contribution in [3.05, 3.63) is 21.7 Å². The molecular formula is C16H16N5NaO6S3. The minimum absolute atomic E-state index is 0. The van der Waals surface area contributed by atoms with Gasteiger partial charge in [-0.15, -0.1) is 34.9 Å². The fourth-order valence-electron chi connectivity index (χ4n) is 3.30. The van der Waals surface area contributed by atoms with Crippen molar-refractivity contribution in [2.45, 2.75) is 23.1 Å². The summed E-state index contributed by atoms with van der Waals surface area (Å²) in [7, 11) is 0. The number of rotatable bonds is 6. The van der Waals surface area contributed by atoms with Crippen LogP contribution in [0, 0.1) is 0 Å². The number of thioether (sulfide) groups is 2. The van der Waals surface area contributed by atoms with Crippen LogP contribution in [0.15, 0.2) is 21.1 Å². The summed E-state index contributed by atoms with van der Waals surface area (Å²) in [5.41, 5.74) is 5.06. The molecule has 1 aromatic rings. The molecule has 15 heteroatoms. The van der Waals surface area contributed by atoms with Crippen LogP contribution in [-0.4, -0.2) is 74.2 Å². The van der Waals surface area contributed by atoms with E-state index >= 15 is 0 Å². The second kappa shape index (κ2) is 10.1. The fraction of sp³-hybridized carbons (Fsp3) is 0.438. The van der Waals surface area contributed by atoms with E-state index in [-0.39, 0.29) is 57.0 Å². The quantitative estimate of drug-likeness (QED) is 0.116. The van der Waals surface area contributed by atoms with Crippen LogP contribution >= 0.6 is 34.9 Å². The monoisotopic (exact) mass is 493 g/mol. The van der Waals surface area contributed by atoms with E-state index in [0.29, 0.717) is 23.9 Å². The van der Waals surface area contributed by atoms with Crippen molar-refractivity contribution in [1.29, 1.82) is 0 Å². The zero-order valence-corrected chi connectivity index (χ0v) is 20.7. The molecule has 31 heavy (non-hydrogen) atoms. The van der Waals surface area contributed by atoms with E-state index in [0.717, 1.165) is 22.7 Å². The Bertz CT molecular complexity index is 963. The fourth-order valence-corrected chi connectivity index (χ4v) is 6.59. The topological polar surface area (TPSA) is 170 Å². The predicted molar refractivity (Wildman–Crippen MR) is 109 cm³/mol. The predicted octanol–water partition coefficient (Wildman–Crippen LogP) is -4.21. The molecule has 4 N–H and O–H groups in total. The minimum Gasteiger partial charge on any atom is -0.543 e. The second-order valence-electron chi connectivity index (χ2n) is 6.54. The molecule has 160 valence electrons. The molecule has 2 fully saturated rings. The zero-order chi connectivity index (χ0) is 21.4. The molecule has 3 atom stereocenters. The van der Waals surface area contributed by atoms with Gasteiger partial charge < -0.3 is 30.9 Å². The molecule has 0 aromatic carbocycles. The van der Waals surface area contributed by atoms with Gasteiger partial charge in [0.1, 0.15) is 17.1 Å². The molecule has 1 aromatic heterocycles. The van der Waals surface area contributed by atoms with Gasteiger partial charge >= 0.3 is 29.6 Å². The largest absolute Gasteiger partial charge is 1.00 e. The molecule has 2 saturated heterocycles. The van der Waals surface area contributed by atoms with E-state index < -0.39 is 29.2 Å². The Morgan fingerprint density at radius 2 is 2.26 bits per heavy atom. The molecule has 3 aliphatic heterocycles. The van der Waals surface area contributed by atoms with Crippen LogP contribution in [0.3, 0.4) is 0 Å². The van der Waals surface area contributed by atoms with E-state index in [1.54, 1.807) is 0 Å². The molecule has 3 aliphatic rings. The third kappa shape index (κ3) is 4.74. The molecule has 4 heterocycles. The van der Waals surface area contributed by atoms with E-state index in [4.69, 9.17) is 10.5 Å². The molecule has 0 spiro atoms. The van der Waals surface area contributed by atoms with Crippen LogP contribution in [0.5, 0.6) is 0 Å². The van der Waals surface area contributed by atoms with E-state index in [9.17, 15) is 24.7 Å². The first kappa shape index (κ1) is 24.4. The number of hydrogen-bond donors (Lipinski definition) is 3. The number of nitrogen functional groups attached to an aromatic ring is 1. The average molecular weight is 494 g/mol. The molecular weight excluding hydrogens is 477 g/mol. The number of carboxylic acids is 1. The number of oxime groups is 1. The molecule has 2 unspecified atom stereocenters. The number of carbonyl (C=O) groups is 3. The third-order valence-electron chi connectivity index (χ3n) is 4.69. The van der Waals surface area contributed by atoms with Crippen molar-refractivity contribution in [3.8, 4) is 0 Å². The summed E-state index contributed by atoms with van der Waals surface area (Å²) >= 11 is 3.80. The van der Waals surface area contributed by atoms with Gasteiger partial charge in [0.25, 0.3) is 11.8 Å². The number of thiazole rings is 1. The number of aromatic nitrogens is 1. The molecule has 0 bridgehead atoms. The van der Waals surface area contributed by atoms with Gasteiger partial charge in [0.05, 0.1) is 18.3 Å². The van der Waals surface area contributed by atoms with Crippen LogP contribution in [-0.2, 0) is 19.1 Å². The molecule has 4 rings (SSSR count). The maximum Gasteiger partial charge on any atom is 1.00 e. The first-order valence-electron chi connectivity index (χ1n) is 8.78. The number of β-lactam (4-membered cyclic amide) rings is 1. The van der Waals surface area contributed by atoms with E-state index in [1.165, 1.54) is 28.9 Å². The average Bonchev–Trinajstić information content (AvgIpc) is 3.38. The minimum atomic E-state index is -1.43. The Morgan fingerprint density at radius 3 is 2.84 bits per heavy atom. The standard InChI is InChI=1S/C16H17N5O6S3.Na/c17-16-18-7(4-29-16)9(20-26)12(22)19-10-13(23)21-11(15(24)25)8(5-28-14(10)21)30-6-1-2-27-3-6;/h4,6,10,14,26H,1-3,5H2,(H2,17,18)(H,19,22)(H,24,25);/q;+1/p-1/b20-9-;/t6?,10?,14-;/m0./s1. The van der Waals surface area contributed by atoms with Crippen LogP contribution in [0.2, 0.25) is 0 Å². The molecule has 0 aliphatic carbocycles. The molecule has 2 amide bonds. The number of fused-ring (bicyclic) bond motifs is 1. The number of aliphatic carboxylic acids is 1. The van der Waals surface area contributed by atoms with Crippen LogP contribution < -0.4 is 45.7 Å². The molecule has 0 saturated carbocycles. The summed E-state index contributed by atoms with van der Waals surface area (Å²) in [6.45, 7) is 1.15. The number of hydrogen-bond acceptors (Lipinski definition) is 12. The number of nitrogens with one attached hydrogen (secondary N) is 1. The number of ether oxygens (including phenoxy) is 1. The maximum atomic E-state index is 12.7. The Morgan fingerprint density at radius 1 is 1.48 bits per heavy atom. The van der Waals surface area contributed by atoms with Gasteiger partial charge in [-0.2, -0.15) is 0 Å². The van der Waals surface area contributed by atoms with Crippen molar-refractivity contribution in [1.82, 2.24) is 15.2 Å². The zero-order valence-electron chi connectivity index (χ0n) is 16.3. The molecule has 0 radical (unpaired) electrons. The van der Waals surface area contributed by atoms with Crippen LogP contribution in [0.4, 0.5) is 5.13 Å². The van der Waals surface area contributed by atoms with Crippen molar-refractivity contribution < 1.29 is 59.0 Å². The SMILES string of the molecule is Nc1nc(/C(=N/O)C(=O)NC2C(=O)N3C(C(=O)[O-])=C(SC4CCOC4)CS[C@@H]23)cs1.[Na+]. The van der Waals surface area contributed by atoms with E-state index in [2.05, 4.69) is 15.5 Å². The summed E-state index contributed by atoms with van der Waals surface area (Å²) in [5, 5.41) is 27.6. The molecule has 11 nitrogen and oxygen atoms in total. The second-order valence-corrected chi connectivity index (χ2v) is 9.93. The van der Waals surface area contributed by atoms with Crippen LogP contribution in [0.1, 0.15) is 12.1 Å². The Balaban J connectivity index is 0.00000272. The van der Waals surface area contributed by atoms with Gasteiger partial charge in [-0.3, -0.25) is 14.5 Å². The van der Waals surface area contributed by atoms with Gasteiger partial charge in [0.2, 0.25) is 0 Å². The van der Waals surface area contributed by atoms with Crippen molar-refractivity contribution in [2.24, 2.45) is 5.16 Å². The Kier molecular flexibility index (Phi) is 7.94. The summed E-state index contributed by atoms with van der Waals surface area (Å²) in [6.07, 6.45) is 0.805. The van der Waals surface area contributed by atoms with E-state index in [1.807, 2.05) is 0 Å². The van der Waals surface area contributed by atoms with Gasteiger partial charge in [-0.1, -0.05) is 5.16 Å². The number of nitrogens with zero attached hydrogens (tertiary/aromatic N) is 3. The summed E-state index contributed by atoms with van der Waals surface area (Å²) < 4.78 is 5.32. The number of nitrogens with two attached hydrogens (primary N) is 1. The summed E-state index contributed by atoms with van der Waals surface area (Å²) in [4.78, 5) is 42.5. The summed E-state index contributed by atoms with van der Waals surface area (Å²) in [6, 6.07) is -0.967. The smallest absolute Gasteiger partial charge is 0.543 e. The first-order valence-corrected chi connectivity index (χ1v) is 11.6. The van der Waals surface area contributed by atoms with Crippen molar-refractivity contribution in [3.63, 3.8) is 0 Å². The first-order chi connectivity index (χ1) is 14.4. The Hall–Kier alpha value is -1.29. The normalized spacial score (nSPS) is 25.5. The summed E-state index contributed by atoms with van der Waals surface area (Å²) in [5.74, 6) is -2.45. The van der Waals surface area contributed by atoms with Crippen molar-refractivity contribution in [2.75, 3.05) is 24.7 Å². The number of amides is 2. The van der Waals surface area contributed by atoms with Gasteiger partial charge in [0, 0.05) is 27.9 Å².